The molecule has 5 heteroatoms. The van der Waals surface area contributed by atoms with Crippen molar-refractivity contribution in [1.82, 2.24) is 9.55 Å². The predicted molar refractivity (Wildman–Crippen MR) is 78.2 cm³/mol. The van der Waals surface area contributed by atoms with Gasteiger partial charge in [0.15, 0.2) is 0 Å². The highest BCUT2D eigenvalue weighted by Gasteiger charge is 2.18. The van der Waals surface area contributed by atoms with Gasteiger partial charge in [0, 0.05) is 6.04 Å². The van der Waals surface area contributed by atoms with Gasteiger partial charge in [0.2, 0.25) is 5.88 Å². The van der Waals surface area contributed by atoms with Crippen LogP contribution in [0.2, 0.25) is 0 Å². The quantitative estimate of drug-likeness (QED) is 0.900. The zero-order chi connectivity index (χ0) is 14.9. The molecule has 1 unspecified atom stereocenters. The maximum Gasteiger partial charge on any atom is 0.331 e. The first kappa shape index (κ1) is 14.1. The second-order valence-electron chi connectivity index (χ2n) is 4.95. The molecule has 0 bridgehead atoms. The fraction of sp³-hybridized carbons (Fsp3) is 0.333. The van der Waals surface area contributed by atoms with E-state index in [9.17, 15) is 14.7 Å². The molecule has 2 N–H and O–H groups in total. The van der Waals surface area contributed by atoms with Crippen LogP contribution in [-0.2, 0) is 0 Å². The van der Waals surface area contributed by atoms with Crippen molar-refractivity contribution < 1.29 is 5.11 Å². The fourth-order valence-corrected chi connectivity index (χ4v) is 2.19. The zero-order valence-corrected chi connectivity index (χ0v) is 11.8. The van der Waals surface area contributed by atoms with Crippen LogP contribution in [0.3, 0.4) is 0 Å². The maximum absolute atomic E-state index is 12.0. The molecule has 0 saturated heterocycles. The Labute approximate surface area is 116 Å². The van der Waals surface area contributed by atoms with Crippen molar-refractivity contribution in [2.24, 2.45) is 0 Å². The number of H-pyrrole nitrogens is 1. The van der Waals surface area contributed by atoms with E-state index >= 15 is 0 Å². The number of benzene rings is 1. The standard InChI is InChI=1S/C15H18N2O3/c1-4-10(3)17-14(19)12(13(18)16-15(17)20)11-7-5-6-9(2)8-11/h5-8,10,19H,4H2,1-3H3,(H,16,18,20). The van der Waals surface area contributed by atoms with Crippen LogP contribution < -0.4 is 11.2 Å². The molecule has 0 fully saturated rings. The van der Waals surface area contributed by atoms with Crippen molar-refractivity contribution in [2.45, 2.75) is 33.2 Å². The second kappa shape index (κ2) is 5.36. The summed E-state index contributed by atoms with van der Waals surface area (Å²) in [4.78, 5) is 26.1. The molecule has 2 rings (SSSR count). The van der Waals surface area contributed by atoms with Gasteiger partial charge >= 0.3 is 5.69 Å². The van der Waals surface area contributed by atoms with Crippen LogP contribution in [-0.4, -0.2) is 14.7 Å². The van der Waals surface area contributed by atoms with E-state index in [0.717, 1.165) is 5.56 Å². The van der Waals surface area contributed by atoms with Crippen molar-refractivity contribution in [1.29, 1.82) is 0 Å². The molecule has 0 radical (unpaired) electrons. The average Bonchev–Trinajstić information content (AvgIpc) is 2.37. The number of aryl methyl sites for hydroxylation is 1. The van der Waals surface area contributed by atoms with Crippen LogP contribution in [0.5, 0.6) is 5.88 Å². The van der Waals surface area contributed by atoms with Crippen LogP contribution in [0.4, 0.5) is 0 Å². The van der Waals surface area contributed by atoms with E-state index in [1.54, 1.807) is 12.1 Å². The number of nitrogens with one attached hydrogen (secondary N) is 1. The first-order valence-corrected chi connectivity index (χ1v) is 6.60. The molecule has 0 spiro atoms. The van der Waals surface area contributed by atoms with Gasteiger partial charge in [-0.1, -0.05) is 36.8 Å². The van der Waals surface area contributed by atoms with Gasteiger partial charge in [-0.25, -0.2) is 4.79 Å². The molecule has 1 aromatic heterocycles. The number of nitrogens with zero attached hydrogens (tertiary/aromatic N) is 1. The van der Waals surface area contributed by atoms with E-state index in [4.69, 9.17) is 0 Å². The van der Waals surface area contributed by atoms with Crippen LogP contribution in [0, 0.1) is 6.92 Å². The number of aromatic amines is 1. The van der Waals surface area contributed by atoms with Gasteiger partial charge in [-0.05, 0) is 25.8 Å². The topological polar surface area (TPSA) is 75.1 Å². The predicted octanol–water partition coefficient (Wildman–Crippen LogP) is 2.19. The molecular weight excluding hydrogens is 256 g/mol. The number of aromatic hydroxyl groups is 1. The molecule has 2 aromatic rings. The van der Waals surface area contributed by atoms with E-state index < -0.39 is 11.2 Å². The number of rotatable bonds is 3. The maximum atomic E-state index is 12.0. The summed E-state index contributed by atoms with van der Waals surface area (Å²) in [7, 11) is 0. The molecule has 106 valence electrons. The molecule has 0 amide bonds. The van der Waals surface area contributed by atoms with Crippen molar-refractivity contribution in [3.8, 4) is 17.0 Å². The molecule has 0 aliphatic heterocycles. The number of hydrogen-bond acceptors (Lipinski definition) is 3. The van der Waals surface area contributed by atoms with Gasteiger partial charge in [0.1, 0.15) is 5.56 Å². The molecule has 0 aliphatic carbocycles. The third kappa shape index (κ3) is 2.39. The molecular formula is C15H18N2O3. The van der Waals surface area contributed by atoms with Crippen molar-refractivity contribution in [3.63, 3.8) is 0 Å². The van der Waals surface area contributed by atoms with Gasteiger partial charge in [-0.2, -0.15) is 0 Å². The SMILES string of the molecule is CCC(C)n1c(O)c(-c2cccc(C)c2)c(=O)[nH]c1=O. The van der Waals surface area contributed by atoms with E-state index in [1.165, 1.54) is 4.57 Å². The Bertz CT molecular complexity index is 744. The van der Waals surface area contributed by atoms with Gasteiger partial charge in [0.25, 0.3) is 5.56 Å². The van der Waals surface area contributed by atoms with E-state index in [-0.39, 0.29) is 17.5 Å². The Morgan fingerprint density at radius 2 is 2.05 bits per heavy atom. The lowest BCUT2D eigenvalue weighted by molar-refractivity contribution is 0.369. The summed E-state index contributed by atoms with van der Waals surface area (Å²) >= 11 is 0. The molecule has 0 aliphatic rings. The minimum atomic E-state index is -0.585. The van der Waals surface area contributed by atoms with Crippen molar-refractivity contribution >= 4 is 0 Å². The minimum absolute atomic E-state index is 0.133. The molecule has 0 saturated carbocycles. The van der Waals surface area contributed by atoms with Crippen molar-refractivity contribution in [2.75, 3.05) is 0 Å². The Morgan fingerprint density at radius 1 is 1.35 bits per heavy atom. The smallest absolute Gasteiger partial charge is 0.331 e. The van der Waals surface area contributed by atoms with Crippen molar-refractivity contribution in [3.05, 3.63) is 50.7 Å². The Balaban J connectivity index is 2.78. The zero-order valence-electron chi connectivity index (χ0n) is 11.8. The molecule has 1 heterocycles. The largest absolute Gasteiger partial charge is 0.494 e. The van der Waals surface area contributed by atoms with Gasteiger partial charge in [0.05, 0.1) is 0 Å². The summed E-state index contributed by atoms with van der Waals surface area (Å²) in [5.41, 5.74) is 0.549. The third-order valence-electron chi connectivity index (χ3n) is 3.46. The Hall–Kier alpha value is -2.30. The summed E-state index contributed by atoms with van der Waals surface area (Å²) in [6.07, 6.45) is 0.673. The first-order chi connectivity index (χ1) is 9.45. The Kier molecular flexibility index (Phi) is 3.79. The third-order valence-corrected chi connectivity index (χ3v) is 3.46. The highest BCUT2D eigenvalue weighted by Crippen LogP contribution is 2.27. The lowest BCUT2D eigenvalue weighted by Gasteiger charge is -2.16. The summed E-state index contributed by atoms with van der Waals surface area (Å²) in [5.74, 6) is -0.279. The molecule has 5 nitrogen and oxygen atoms in total. The highest BCUT2D eigenvalue weighted by molar-refractivity contribution is 5.67. The van der Waals surface area contributed by atoms with E-state index in [2.05, 4.69) is 4.98 Å². The summed E-state index contributed by atoms with van der Waals surface area (Å²) in [6, 6.07) is 7.06. The van der Waals surface area contributed by atoms with Gasteiger partial charge in [-0.15, -0.1) is 0 Å². The highest BCUT2D eigenvalue weighted by atomic mass is 16.3. The Morgan fingerprint density at radius 3 is 2.65 bits per heavy atom. The van der Waals surface area contributed by atoms with Crippen LogP contribution in [0.15, 0.2) is 33.9 Å². The van der Waals surface area contributed by atoms with Crippen LogP contribution >= 0.6 is 0 Å². The normalized spacial score (nSPS) is 12.3. The lowest BCUT2D eigenvalue weighted by atomic mass is 10.1. The fourth-order valence-electron chi connectivity index (χ4n) is 2.19. The van der Waals surface area contributed by atoms with Crippen LogP contribution in [0.1, 0.15) is 31.9 Å². The summed E-state index contributed by atoms with van der Waals surface area (Å²) in [5, 5.41) is 10.3. The number of aromatic nitrogens is 2. The summed E-state index contributed by atoms with van der Waals surface area (Å²) < 4.78 is 1.22. The van der Waals surface area contributed by atoms with Gasteiger partial charge < -0.3 is 5.11 Å². The average molecular weight is 274 g/mol. The van der Waals surface area contributed by atoms with Gasteiger partial charge in [-0.3, -0.25) is 14.3 Å². The molecule has 1 aromatic carbocycles. The van der Waals surface area contributed by atoms with Crippen LogP contribution in [0.25, 0.3) is 11.1 Å². The number of hydrogen-bond donors (Lipinski definition) is 2. The molecule has 20 heavy (non-hydrogen) atoms. The first-order valence-electron chi connectivity index (χ1n) is 6.60. The summed E-state index contributed by atoms with van der Waals surface area (Å²) in [6.45, 7) is 5.63. The molecule has 1 atom stereocenters. The lowest BCUT2D eigenvalue weighted by Crippen LogP contribution is -2.32. The van der Waals surface area contributed by atoms with E-state index in [1.807, 2.05) is 32.9 Å². The minimum Gasteiger partial charge on any atom is -0.494 e. The second-order valence-corrected chi connectivity index (χ2v) is 4.95. The monoisotopic (exact) mass is 274 g/mol. The van der Waals surface area contributed by atoms with E-state index in [0.29, 0.717) is 12.0 Å².